The summed E-state index contributed by atoms with van der Waals surface area (Å²) in [5.41, 5.74) is -2.59. The minimum atomic E-state index is -5.06. The Morgan fingerprint density at radius 3 is 2.36 bits per heavy atom. The normalized spacial score (nSPS) is 24.2. The number of hydrogen-bond donors (Lipinski definition) is 0. The fourth-order valence-corrected chi connectivity index (χ4v) is 3.71. The zero-order chi connectivity index (χ0) is 18.6. The molecule has 2 aliphatic heterocycles. The van der Waals surface area contributed by atoms with Crippen LogP contribution in [0.25, 0.3) is 5.70 Å². The van der Waals surface area contributed by atoms with Crippen molar-refractivity contribution in [3.8, 4) is 12.1 Å². The molecule has 0 bridgehead atoms. The SMILES string of the molecule is CC1(C)Cc2ccccc2C2=CC(C(C#N)C#N)(C(F)(F)F)C(=O)N21. The van der Waals surface area contributed by atoms with E-state index in [9.17, 15) is 18.0 Å². The fraction of sp³-hybridized carbons (Fsp3) is 0.389. The van der Waals surface area contributed by atoms with Gasteiger partial charge in [0.15, 0.2) is 11.3 Å². The maximum absolute atomic E-state index is 14.0. The summed E-state index contributed by atoms with van der Waals surface area (Å²) in [4.78, 5) is 14.0. The van der Waals surface area contributed by atoms with Gasteiger partial charge in [-0.2, -0.15) is 23.7 Å². The van der Waals surface area contributed by atoms with Crippen molar-refractivity contribution < 1.29 is 18.0 Å². The van der Waals surface area contributed by atoms with Gasteiger partial charge in [0.2, 0.25) is 5.91 Å². The first-order chi connectivity index (χ1) is 11.6. The molecule has 1 aromatic rings. The molecule has 2 aliphatic rings. The quantitative estimate of drug-likeness (QED) is 0.783. The Labute approximate surface area is 142 Å². The lowest BCUT2D eigenvalue weighted by molar-refractivity contribution is -0.214. The van der Waals surface area contributed by atoms with E-state index in [1.54, 1.807) is 38.1 Å². The van der Waals surface area contributed by atoms with Crippen LogP contribution in [0.4, 0.5) is 13.2 Å². The van der Waals surface area contributed by atoms with Crippen molar-refractivity contribution >= 4 is 11.6 Å². The molecule has 25 heavy (non-hydrogen) atoms. The van der Waals surface area contributed by atoms with E-state index in [1.165, 1.54) is 12.1 Å². The zero-order valence-corrected chi connectivity index (χ0v) is 13.6. The second-order valence-corrected chi connectivity index (χ2v) is 6.87. The molecule has 1 amide bonds. The summed E-state index contributed by atoms with van der Waals surface area (Å²) in [7, 11) is 0. The summed E-state index contributed by atoms with van der Waals surface area (Å²) in [6.07, 6.45) is -3.91. The Balaban J connectivity index is 2.35. The van der Waals surface area contributed by atoms with Crippen LogP contribution >= 0.6 is 0 Å². The average molecular weight is 345 g/mol. The Bertz CT molecular complexity index is 859. The van der Waals surface area contributed by atoms with Crippen LogP contribution in [0.5, 0.6) is 0 Å². The predicted octanol–water partition coefficient (Wildman–Crippen LogP) is 3.42. The van der Waals surface area contributed by atoms with Crippen molar-refractivity contribution in [3.05, 3.63) is 41.5 Å². The number of benzene rings is 1. The van der Waals surface area contributed by atoms with Gasteiger partial charge in [0.25, 0.3) is 0 Å². The maximum Gasteiger partial charge on any atom is 0.409 e. The molecule has 0 N–H and O–H groups in total. The van der Waals surface area contributed by atoms with Crippen molar-refractivity contribution in [1.29, 1.82) is 10.5 Å². The van der Waals surface area contributed by atoms with Crippen LogP contribution < -0.4 is 0 Å². The van der Waals surface area contributed by atoms with E-state index in [0.717, 1.165) is 16.5 Å². The van der Waals surface area contributed by atoms with Gasteiger partial charge in [-0.25, -0.2) is 0 Å². The van der Waals surface area contributed by atoms with E-state index in [2.05, 4.69) is 0 Å². The summed E-state index contributed by atoms with van der Waals surface area (Å²) in [6, 6.07) is 9.64. The zero-order valence-electron chi connectivity index (χ0n) is 13.6. The second-order valence-electron chi connectivity index (χ2n) is 6.87. The van der Waals surface area contributed by atoms with E-state index in [-0.39, 0.29) is 5.70 Å². The Kier molecular flexibility index (Phi) is 3.47. The van der Waals surface area contributed by atoms with E-state index >= 15 is 0 Å². The van der Waals surface area contributed by atoms with Crippen LogP contribution in [0.3, 0.4) is 0 Å². The highest BCUT2D eigenvalue weighted by Crippen LogP contribution is 2.56. The number of rotatable bonds is 1. The van der Waals surface area contributed by atoms with Gasteiger partial charge in [0, 0.05) is 16.8 Å². The number of fused-ring (bicyclic) bond motifs is 3. The molecule has 0 saturated heterocycles. The van der Waals surface area contributed by atoms with Gasteiger partial charge in [-0.3, -0.25) is 4.79 Å². The number of nitrogens with zero attached hydrogens (tertiary/aromatic N) is 3. The Hall–Kier alpha value is -2.80. The van der Waals surface area contributed by atoms with Crippen LogP contribution in [0, 0.1) is 34.0 Å². The largest absolute Gasteiger partial charge is 0.409 e. The molecule has 128 valence electrons. The summed E-state index contributed by atoms with van der Waals surface area (Å²) in [6.45, 7) is 3.35. The molecule has 0 aromatic heterocycles. The first-order valence-electron chi connectivity index (χ1n) is 7.62. The number of nitriles is 2. The Morgan fingerprint density at radius 1 is 1.20 bits per heavy atom. The lowest BCUT2D eigenvalue weighted by atomic mass is 9.75. The van der Waals surface area contributed by atoms with Crippen molar-refractivity contribution in [1.82, 2.24) is 4.90 Å². The molecule has 1 atom stereocenters. The minimum absolute atomic E-state index is 0.115. The summed E-state index contributed by atoms with van der Waals surface area (Å²) >= 11 is 0. The summed E-state index contributed by atoms with van der Waals surface area (Å²) < 4.78 is 41.9. The first kappa shape index (κ1) is 17.0. The lowest BCUT2D eigenvalue weighted by Crippen LogP contribution is -2.56. The monoisotopic (exact) mass is 345 g/mol. The number of carbonyl (C=O) groups is 1. The highest BCUT2D eigenvalue weighted by Gasteiger charge is 2.70. The van der Waals surface area contributed by atoms with Crippen molar-refractivity contribution in [2.45, 2.75) is 32.0 Å². The highest BCUT2D eigenvalue weighted by atomic mass is 19.4. The van der Waals surface area contributed by atoms with E-state index in [0.29, 0.717) is 12.0 Å². The molecule has 4 nitrogen and oxygen atoms in total. The van der Waals surface area contributed by atoms with E-state index in [1.807, 2.05) is 0 Å². The summed E-state index contributed by atoms with van der Waals surface area (Å²) in [5, 5.41) is 18.2. The Morgan fingerprint density at radius 2 is 1.80 bits per heavy atom. The van der Waals surface area contributed by atoms with Crippen LogP contribution in [-0.2, 0) is 11.2 Å². The molecule has 0 aliphatic carbocycles. The van der Waals surface area contributed by atoms with Gasteiger partial charge < -0.3 is 4.90 Å². The topological polar surface area (TPSA) is 67.9 Å². The number of hydrogen-bond acceptors (Lipinski definition) is 3. The molecule has 0 radical (unpaired) electrons. The number of alkyl halides is 3. The molecule has 7 heteroatoms. The number of amides is 1. The van der Waals surface area contributed by atoms with Crippen LogP contribution in [0.2, 0.25) is 0 Å². The molecule has 0 saturated carbocycles. The molecule has 1 unspecified atom stereocenters. The van der Waals surface area contributed by atoms with E-state index in [4.69, 9.17) is 10.5 Å². The molecule has 2 heterocycles. The van der Waals surface area contributed by atoms with E-state index < -0.39 is 29.0 Å². The molecule has 0 spiro atoms. The molecule has 3 rings (SSSR count). The highest BCUT2D eigenvalue weighted by molar-refractivity contribution is 6.02. The van der Waals surface area contributed by atoms with Gasteiger partial charge in [-0.1, -0.05) is 24.3 Å². The van der Waals surface area contributed by atoms with Gasteiger partial charge in [0.1, 0.15) is 0 Å². The molecule has 1 aromatic carbocycles. The van der Waals surface area contributed by atoms with Crippen LogP contribution in [-0.4, -0.2) is 22.5 Å². The van der Waals surface area contributed by atoms with Crippen LogP contribution in [0.15, 0.2) is 30.3 Å². The summed E-state index contributed by atoms with van der Waals surface area (Å²) in [5.74, 6) is -3.41. The van der Waals surface area contributed by atoms with Crippen LogP contribution in [0.1, 0.15) is 25.0 Å². The third-order valence-electron chi connectivity index (χ3n) is 4.87. The number of halogens is 3. The predicted molar refractivity (Wildman–Crippen MR) is 82.3 cm³/mol. The second kappa shape index (κ2) is 5.10. The average Bonchev–Trinajstić information content (AvgIpc) is 2.84. The smallest absolute Gasteiger partial charge is 0.305 e. The molecular weight excluding hydrogens is 331 g/mol. The van der Waals surface area contributed by atoms with Crippen molar-refractivity contribution in [3.63, 3.8) is 0 Å². The minimum Gasteiger partial charge on any atom is -0.305 e. The van der Waals surface area contributed by atoms with Crippen molar-refractivity contribution in [2.75, 3.05) is 0 Å². The third-order valence-corrected chi connectivity index (χ3v) is 4.87. The van der Waals surface area contributed by atoms with Crippen molar-refractivity contribution in [2.24, 2.45) is 11.3 Å². The van der Waals surface area contributed by atoms with Gasteiger partial charge in [-0.05, 0) is 31.9 Å². The first-order valence-corrected chi connectivity index (χ1v) is 7.62. The molecule has 0 fully saturated rings. The van der Waals surface area contributed by atoms with Gasteiger partial charge >= 0.3 is 6.18 Å². The van der Waals surface area contributed by atoms with Gasteiger partial charge in [-0.15, -0.1) is 0 Å². The third kappa shape index (κ3) is 2.09. The number of carbonyl (C=O) groups excluding carboxylic acids is 1. The standard InChI is InChI=1S/C18H14F3N3O/c1-16(2)7-11-5-3-4-6-13(11)14-8-17(18(19,20)21,12(9-22)10-23)15(25)24(14)16/h3-6,8,12H,7H2,1-2H3. The fourth-order valence-electron chi connectivity index (χ4n) is 3.71. The maximum atomic E-state index is 14.0. The lowest BCUT2D eigenvalue weighted by Gasteiger charge is -2.43. The van der Waals surface area contributed by atoms with Gasteiger partial charge in [0.05, 0.1) is 12.1 Å². The molecular formula is C18H14F3N3O.